The highest BCUT2D eigenvalue weighted by Crippen LogP contribution is 2.16. The van der Waals surface area contributed by atoms with E-state index in [0.29, 0.717) is 12.1 Å². The molecule has 1 N–H and O–H groups in total. The first-order chi connectivity index (χ1) is 7.58. The lowest BCUT2D eigenvalue weighted by Crippen LogP contribution is -2.44. The molecule has 2 fully saturated rings. The number of carbonyl (C=O) groups excluding carboxylic acids is 1. The molecule has 2 rings (SSSR count). The Bertz CT molecular complexity index is 267. The van der Waals surface area contributed by atoms with Crippen molar-refractivity contribution in [3.63, 3.8) is 0 Å². The molecular formula is C12H23N3O. The number of carbonyl (C=O) groups is 1. The molecule has 4 heteroatoms. The van der Waals surface area contributed by atoms with E-state index in [1.807, 2.05) is 11.9 Å². The number of nitrogens with one attached hydrogen (secondary N) is 1. The molecule has 4 nitrogen and oxygen atoms in total. The molecule has 0 saturated carbocycles. The number of likely N-dealkylation sites (tertiary alicyclic amines) is 2. The summed E-state index contributed by atoms with van der Waals surface area (Å²) in [6, 6.07) is 1.19. The van der Waals surface area contributed by atoms with E-state index in [4.69, 9.17) is 0 Å². The van der Waals surface area contributed by atoms with Crippen LogP contribution in [0.3, 0.4) is 0 Å². The van der Waals surface area contributed by atoms with Crippen molar-refractivity contribution in [3.8, 4) is 0 Å². The van der Waals surface area contributed by atoms with Crippen LogP contribution < -0.4 is 5.32 Å². The smallest absolute Gasteiger partial charge is 0.239 e. The Hall–Kier alpha value is -0.610. The van der Waals surface area contributed by atoms with Crippen LogP contribution in [-0.4, -0.2) is 60.5 Å². The first-order valence-corrected chi connectivity index (χ1v) is 6.33. The third-order valence-corrected chi connectivity index (χ3v) is 3.81. The number of rotatable bonds is 3. The molecule has 2 aliphatic heterocycles. The van der Waals surface area contributed by atoms with E-state index in [0.717, 1.165) is 26.1 Å². The summed E-state index contributed by atoms with van der Waals surface area (Å²) in [5.74, 6) is 0.267. The summed E-state index contributed by atoms with van der Waals surface area (Å²) in [6.45, 7) is 7.61. The zero-order chi connectivity index (χ0) is 11.7. The van der Waals surface area contributed by atoms with Crippen LogP contribution in [0.5, 0.6) is 0 Å². The fourth-order valence-corrected chi connectivity index (χ4v) is 2.65. The maximum Gasteiger partial charge on any atom is 0.239 e. The molecule has 2 heterocycles. The van der Waals surface area contributed by atoms with Crippen LogP contribution in [0.25, 0.3) is 0 Å². The van der Waals surface area contributed by atoms with Gasteiger partial charge >= 0.3 is 0 Å². The molecule has 0 aliphatic carbocycles. The third kappa shape index (κ3) is 2.38. The molecule has 92 valence electrons. The second-order valence-corrected chi connectivity index (χ2v) is 5.34. The third-order valence-electron chi connectivity index (χ3n) is 3.81. The molecule has 2 aliphatic rings. The van der Waals surface area contributed by atoms with Crippen LogP contribution in [0, 0.1) is 0 Å². The lowest BCUT2D eigenvalue weighted by Gasteiger charge is -2.21. The zero-order valence-electron chi connectivity index (χ0n) is 10.6. The van der Waals surface area contributed by atoms with Gasteiger partial charge in [0.1, 0.15) is 0 Å². The Morgan fingerprint density at radius 3 is 2.56 bits per heavy atom. The minimum absolute atomic E-state index is 0.0714. The fraction of sp³-hybridized carbons (Fsp3) is 0.917. The predicted octanol–water partition coefficient (Wildman–Crippen LogP) is 0.289. The second-order valence-electron chi connectivity index (χ2n) is 5.34. The average molecular weight is 225 g/mol. The lowest BCUT2D eigenvalue weighted by atomic mass is 10.2. The van der Waals surface area contributed by atoms with E-state index in [1.165, 1.54) is 6.42 Å². The normalized spacial score (nSPS) is 32.0. The van der Waals surface area contributed by atoms with Crippen molar-refractivity contribution in [1.82, 2.24) is 15.1 Å². The Morgan fingerprint density at radius 2 is 2.06 bits per heavy atom. The van der Waals surface area contributed by atoms with Crippen molar-refractivity contribution in [3.05, 3.63) is 0 Å². The van der Waals surface area contributed by atoms with E-state index >= 15 is 0 Å². The van der Waals surface area contributed by atoms with Crippen LogP contribution >= 0.6 is 0 Å². The number of hydrogen-bond acceptors (Lipinski definition) is 3. The quantitative estimate of drug-likeness (QED) is 0.750. The molecule has 16 heavy (non-hydrogen) atoms. The highest BCUT2D eigenvalue weighted by atomic mass is 16.2. The number of hydrogen-bond donors (Lipinski definition) is 1. The Morgan fingerprint density at radius 1 is 1.31 bits per heavy atom. The Labute approximate surface area is 98.0 Å². The largest absolute Gasteiger partial charge is 0.344 e. The molecule has 0 spiro atoms. The van der Waals surface area contributed by atoms with E-state index in [9.17, 15) is 4.79 Å². The molecule has 2 atom stereocenters. The minimum atomic E-state index is 0.0714. The highest BCUT2D eigenvalue weighted by Gasteiger charge is 2.33. The van der Waals surface area contributed by atoms with Crippen LogP contribution in [-0.2, 0) is 4.79 Å². The van der Waals surface area contributed by atoms with Gasteiger partial charge < -0.3 is 10.2 Å². The predicted molar refractivity (Wildman–Crippen MR) is 64.3 cm³/mol. The summed E-state index contributed by atoms with van der Waals surface area (Å²) in [5.41, 5.74) is 0. The minimum Gasteiger partial charge on any atom is -0.344 e. The fourth-order valence-electron chi connectivity index (χ4n) is 2.65. The van der Waals surface area contributed by atoms with Gasteiger partial charge in [-0.2, -0.15) is 0 Å². The molecule has 2 unspecified atom stereocenters. The lowest BCUT2D eigenvalue weighted by molar-refractivity contribution is -0.128. The van der Waals surface area contributed by atoms with Gasteiger partial charge in [0.2, 0.25) is 5.91 Å². The standard InChI is InChI=1S/C12H23N3O/c1-9(2)15-7-4-10(8-15)13-11-5-6-14(3)12(11)16/h9-11,13H,4-8H2,1-3H3. The van der Waals surface area contributed by atoms with E-state index in [2.05, 4.69) is 24.1 Å². The maximum atomic E-state index is 11.8. The summed E-state index contributed by atoms with van der Waals surface area (Å²) in [5, 5.41) is 3.51. The molecule has 0 bridgehead atoms. The van der Waals surface area contributed by atoms with Gasteiger partial charge in [-0.15, -0.1) is 0 Å². The van der Waals surface area contributed by atoms with Crippen molar-refractivity contribution in [2.24, 2.45) is 0 Å². The van der Waals surface area contributed by atoms with Gasteiger partial charge in [-0.1, -0.05) is 0 Å². The average Bonchev–Trinajstić information content (AvgIpc) is 2.81. The second kappa shape index (κ2) is 4.72. The van der Waals surface area contributed by atoms with Crippen LogP contribution in [0.2, 0.25) is 0 Å². The van der Waals surface area contributed by atoms with Crippen molar-refractivity contribution < 1.29 is 4.79 Å². The van der Waals surface area contributed by atoms with Crippen molar-refractivity contribution >= 4 is 5.91 Å². The molecule has 1 amide bonds. The summed E-state index contributed by atoms with van der Waals surface area (Å²) in [7, 11) is 1.89. The van der Waals surface area contributed by atoms with E-state index in [1.54, 1.807) is 0 Å². The van der Waals surface area contributed by atoms with Gasteiger partial charge in [-0.05, 0) is 33.2 Å². The Balaban J connectivity index is 1.81. The van der Waals surface area contributed by atoms with Crippen LogP contribution in [0.1, 0.15) is 26.7 Å². The summed E-state index contributed by atoms with van der Waals surface area (Å²) < 4.78 is 0. The van der Waals surface area contributed by atoms with Gasteiger partial charge in [0, 0.05) is 32.2 Å². The first-order valence-electron chi connectivity index (χ1n) is 6.33. The van der Waals surface area contributed by atoms with Gasteiger partial charge in [0.25, 0.3) is 0 Å². The first kappa shape index (κ1) is 11.9. The van der Waals surface area contributed by atoms with Crippen LogP contribution in [0.15, 0.2) is 0 Å². The zero-order valence-corrected chi connectivity index (χ0v) is 10.6. The van der Waals surface area contributed by atoms with Crippen molar-refractivity contribution in [2.75, 3.05) is 26.7 Å². The molecule has 0 aromatic heterocycles. The van der Waals surface area contributed by atoms with Crippen LogP contribution in [0.4, 0.5) is 0 Å². The molecular weight excluding hydrogens is 202 g/mol. The van der Waals surface area contributed by atoms with Gasteiger partial charge in [0.05, 0.1) is 6.04 Å². The van der Waals surface area contributed by atoms with Crippen molar-refractivity contribution in [2.45, 2.75) is 44.8 Å². The molecule has 0 aromatic rings. The summed E-state index contributed by atoms with van der Waals surface area (Å²) in [6.07, 6.45) is 2.14. The molecule has 0 aromatic carbocycles. The number of likely N-dealkylation sites (N-methyl/N-ethyl adjacent to an activating group) is 1. The Kier molecular flexibility index (Phi) is 3.50. The SMILES string of the molecule is CC(C)N1CCC(NC2CCN(C)C2=O)C1. The van der Waals surface area contributed by atoms with Crippen molar-refractivity contribution in [1.29, 1.82) is 0 Å². The topological polar surface area (TPSA) is 35.6 Å². The highest BCUT2D eigenvalue weighted by molar-refractivity contribution is 5.83. The summed E-state index contributed by atoms with van der Waals surface area (Å²) >= 11 is 0. The van der Waals surface area contributed by atoms with E-state index < -0.39 is 0 Å². The monoisotopic (exact) mass is 225 g/mol. The number of nitrogens with zero attached hydrogens (tertiary/aromatic N) is 2. The van der Waals surface area contributed by atoms with Gasteiger partial charge in [-0.3, -0.25) is 9.69 Å². The van der Waals surface area contributed by atoms with Gasteiger partial charge in [0.15, 0.2) is 0 Å². The van der Waals surface area contributed by atoms with Gasteiger partial charge in [-0.25, -0.2) is 0 Å². The molecule has 2 saturated heterocycles. The maximum absolute atomic E-state index is 11.8. The van der Waals surface area contributed by atoms with E-state index in [-0.39, 0.29) is 11.9 Å². The molecule has 0 radical (unpaired) electrons. The number of amides is 1. The summed E-state index contributed by atoms with van der Waals surface area (Å²) in [4.78, 5) is 16.1.